The summed E-state index contributed by atoms with van der Waals surface area (Å²) in [6.07, 6.45) is 1.43. The predicted molar refractivity (Wildman–Crippen MR) is 82.9 cm³/mol. The second-order valence-electron chi connectivity index (χ2n) is 4.89. The zero-order chi connectivity index (χ0) is 16.8. The van der Waals surface area contributed by atoms with E-state index in [9.17, 15) is 14.4 Å². The number of amides is 2. The molecule has 2 amide bonds. The Morgan fingerprint density at radius 2 is 2.09 bits per heavy atom. The van der Waals surface area contributed by atoms with Crippen LogP contribution < -0.4 is 10.9 Å². The van der Waals surface area contributed by atoms with Crippen molar-refractivity contribution in [3.05, 3.63) is 35.4 Å². The van der Waals surface area contributed by atoms with E-state index in [0.717, 1.165) is 0 Å². The van der Waals surface area contributed by atoms with Gasteiger partial charge in [-0.15, -0.1) is 0 Å². The van der Waals surface area contributed by atoms with E-state index in [1.54, 1.807) is 31.2 Å². The molecule has 8 nitrogen and oxygen atoms in total. The lowest BCUT2D eigenvalue weighted by atomic mass is 10.0. The molecule has 0 aromatic heterocycles. The van der Waals surface area contributed by atoms with E-state index in [0.29, 0.717) is 16.8 Å². The summed E-state index contributed by atoms with van der Waals surface area (Å²) < 4.78 is 4.60. The zero-order valence-corrected chi connectivity index (χ0v) is 12.7. The third-order valence-corrected chi connectivity index (χ3v) is 3.29. The van der Waals surface area contributed by atoms with E-state index < -0.39 is 11.9 Å². The molecule has 0 fully saturated rings. The molecule has 0 unspecified atom stereocenters. The molecule has 23 heavy (non-hydrogen) atoms. The van der Waals surface area contributed by atoms with Crippen LogP contribution >= 0.6 is 0 Å². The van der Waals surface area contributed by atoms with Crippen LogP contribution in [0.15, 0.2) is 34.5 Å². The summed E-state index contributed by atoms with van der Waals surface area (Å²) in [6.45, 7) is 1.68. The molecule has 0 saturated carbocycles. The van der Waals surface area contributed by atoms with Crippen molar-refractivity contribution in [3.63, 3.8) is 0 Å². The maximum absolute atomic E-state index is 11.7. The minimum absolute atomic E-state index is 0.0141. The van der Waals surface area contributed by atoms with Crippen molar-refractivity contribution >= 4 is 29.7 Å². The van der Waals surface area contributed by atoms with Crippen molar-refractivity contribution in [2.45, 2.75) is 13.3 Å². The first-order valence-electron chi connectivity index (χ1n) is 6.85. The van der Waals surface area contributed by atoms with Crippen molar-refractivity contribution in [1.82, 2.24) is 10.9 Å². The summed E-state index contributed by atoms with van der Waals surface area (Å²) in [6, 6.07) is 6.53. The Kier molecular flexibility index (Phi) is 5.19. The van der Waals surface area contributed by atoms with Gasteiger partial charge in [0.15, 0.2) is 0 Å². The lowest BCUT2D eigenvalue weighted by Crippen LogP contribution is -2.29. The summed E-state index contributed by atoms with van der Waals surface area (Å²) in [5.74, 6) is -1.65. The van der Waals surface area contributed by atoms with Gasteiger partial charge >= 0.3 is 5.97 Å². The number of ether oxygens (including phenoxy) is 1. The summed E-state index contributed by atoms with van der Waals surface area (Å²) in [7, 11) is 1.31. The average molecular weight is 316 g/mol. The first kappa shape index (κ1) is 16.3. The van der Waals surface area contributed by atoms with E-state index in [1.165, 1.54) is 13.3 Å². The number of benzene rings is 1. The number of hydrogen-bond donors (Lipinski definition) is 2. The van der Waals surface area contributed by atoms with Crippen LogP contribution in [0.1, 0.15) is 29.3 Å². The Bertz CT molecular complexity index is 679. The second-order valence-corrected chi connectivity index (χ2v) is 4.89. The van der Waals surface area contributed by atoms with Gasteiger partial charge in [0.05, 0.1) is 24.8 Å². The number of rotatable bonds is 5. The van der Waals surface area contributed by atoms with Crippen LogP contribution in [0.3, 0.4) is 0 Å². The van der Waals surface area contributed by atoms with E-state index in [2.05, 4.69) is 25.8 Å². The summed E-state index contributed by atoms with van der Waals surface area (Å²) in [5.41, 5.74) is 6.38. The Morgan fingerprint density at radius 3 is 2.65 bits per heavy atom. The standard InChI is InChI=1S/C15H16N4O4/c1-9-12(14(21)19-17-9)7-13(20)18-16-8-10-3-5-11(6-4-10)15(22)23-2/h3-6,8,12H,7H2,1-2H3,(H,18,20)(H,19,21)/b16-8-/t12-/m1/s1. The van der Waals surface area contributed by atoms with Crippen LogP contribution in [0.5, 0.6) is 0 Å². The molecule has 0 radical (unpaired) electrons. The van der Waals surface area contributed by atoms with Gasteiger partial charge in [-0.05, 0) is 24.6 Å². The molecule has 2 rings (SSSR count). The van der Waals surface area contributed by atoms with E-state index >= 15 is 0 Å². The quantitative estimate of drug-likeness (QED) is 0.466. The zero-order valence-electron chi connectivity index (χ0n) is 12.7. The molecule has 120 valence electrons. The van der Waals surface area contributed by atoms with Gasteiger partial charge in [-0.1, -0.05) is 12.1 Å². The van der Waals surface area contributed by atoms with E-state index in [1.807, 2.05) is 0 Å². The van der Waals surface area contributed by atoms with Crippen LogP contribution in [0, 0.1) is 5.92 Å². The number of methoxy groups -OCH3 is 1. The van der Waals surface area contributed by atoms with E-state index in [-0.39, 0.29) is 18.2 Å². The van der Waals surface area contributed by atoms with Crippen LogP contribution in [0.2, 0.25) is 0 Å². The van der Waals surface area contributed by atoms with Gasteiger partial charge in [-0.25, -0.2) is 15.6 Å². The van der Waals surface area contributed by atoms with E-state index in [4.69, 9.17) is 0 Å². The predicted octanol–water partition coefficient (Wildman–Crippen LogP) is 0.435. The SMILES string of the molecule is COC(=O)c1ccc(/C=N\NC(=O)C[C@H]2C(=O)NN=C2C)cc1. The molecule has 0 saturated heterocycles. The number of hydrogen-bond acceptors (Lipinski definition) is 6. The monoisotopic (exact) mass is 316 g/mol. The highest BCUT2D eigenvalue weighted by atomic mass is 16.5. The van der Waals surface area contributed by atoms with Crippen LogP contribution in [0.25, 0.3) is 0 Å². The highest BCUT2D eigenvalue weighted by Crippen LogP contribution is 2.11. The normalized spacial score (nSPS) is 16.9. The third-order valence-electron chi connectivity index (χ3n) is 3.29. The number of carbonyl (C=O) groups is 3. The number of nitrogens with zero attached hydrogens (tertiary/aromatic N) is 2. The molecule has 1 aromatic carbocycles. The molecule has 0 spiro atoms. The average Bonchev–Trinajstić information content (AvgIpc) is 2.86. The Balaban J connectivity index is 1.86. The van der Waals surface area contributed by atoms with Crippen molar-refractivity contribution in [2.75, 3.05) is 7.11 Å². The highest BCUT2D eigenvalue weighted by Gasteiger charge is 2.28. The van der Waals surface area contributed by atoms with Crippen molar-refractivity contribution in [1.29, 1.82) is 0 Å². The van der Waals surface area contributed by atoms with Gasteiger partial charge < -0.3 is 4.74 Å². The van der Waals surface area contributed by atoms with Crippen molar-refractivity contribution < 1.29 is 19.1 Å². The molecular formula is C15H16N4O4. The molecule has 1 aromatic rings. The van der Waals surface area contributed by atoms with Crippen molar-refractivity contribution in [3.8, 4) is 0 Å². The van der Waals surface area contributed by atoms with Crippen molar-refractivity contribution in [2.24, 2.45) is 16.1 Å². The molecule has 1 aliphatic heterocycles. The fraction of sp³-hybridized carbons (Fsp3) is 0.267. The molecule has 2 N–H and O–H groups in total. The molecule has 1 aliphatic rings. The number of hydrazone groups is 2. The van der Waals surface area contributed by atoms with Gasteiger partial charge in [0.25, 0.3) is 0 Å². The molecule has 8 heteroatoms. The summed E-state index contributed by atoms with van der Waals surface area (Å²) in [4.78, 5) is 34.5. The third kappa shape index (κ3) is 4.22. The van der Waals surface area contributed by atoms with Gasteiger partial charge in [-0.2, -0.15) is 10.2 Å². The molecule has 1 heterocycles. The molecule has 0 aliphatic carbocycles. The van der Waals surface area contributed by atoms with Crippen LogP contribution in [0.4, 0.5) is 0 Å². The summed E-state index contributed by atoms with van der Waals surface area (Å²) in [5, 5.41) is 7.59. The Hall–Kier alpha value is -3.03. The van der Waals surface area contributed by atoms with Gasteiger partial charge in [0, 0.05) is 12.1 Å². The molecule has 0 bridgehead atoms. The topological polar surface area (TPSA) is 109 Å². The fourth-order valence-electron chi connectivity index (χ4n) is 1.96. The maximum Gasteiger partial charge on any atom is 0.337 e. The lowest BCUT2D eigenvalue weighted by Gasteiger charge is -2.05. The summed E-state index contributed by atoms with van der Waals surface area (Å²) >= 11 is 0. The minimum Gasteiger partial charge on any atom is -0.465 e. The van der Waals surface area contributed by atoms with Crippen LogP contribution in [-0.4, -0.2) is 36.8 Å². The Labute approximate surface area is 132 Å². The smallest absolute Gasteiger partial charge is 0.337 e. The Morgan fingerprint density at radius 1 is 1.39 bits per heavy atom. The maximum atomic E-state index is 11.7. The van der Waals surface area contributed by atoms with Gasteiger partial charge in [0.2, 0.25) is 11.8 Å². The lowest BCUT2D eigenvalue weighted by molar-refractivity contribution is -0.127. The van der Waals surface area contributed by atoms with Gasteiger partial charge in [-0.3, -0.25) is 9.59 Å². The molecule has 1 atom stereocenters. The first-order valence-corrected chi connectivity index (χ1v) is 6.85. The fourth-order valence-corrected chi connectivity index (χ4v) is 1.96. The number of carbonyl (C=O) groups excluding carboxylic acids is 3. The molecular weight excluding hydrogens is 300 g/mol. The minimum atomic E-state index is -0.551. The first-order chi connectivity index (χ1) is 11.0. The largest absolute Gasteiger partial charge is 0.465 e. The number of esters is 1. The van der Waals surface area contributed by atoms with Gasteiger partial charge in [0.1, 0.15) is 0 Å². The number of nitrogens with one attached hydrogen (secondary N) is 2. The highest BCUT2D eigenvalue weighted by molar-refractivity contribution is 6.09. The second kappa shape index (κ2) is 7.30. The van der Waals surface area contributed by atoms with Crippen LogP contribution in [-0.2, 0) is 14.3 Å².